The predicted molar refractivity (Wildman–Crippen MR) is 181 cm³/mol. The molecule has 0 rings (SSSR count). The van der Waals surface area contributed by atoms with E-state index in [1.807, 2.05) is 0 Å². The summed E-state index contributed by atoms with van der Waals surface area (Å²) in [6.07, 6.45) is 43.7. The van der Waals surface area contributed by atoms with Gasteiger partial charge in [0.15, 0.2) is 0 Å². The van der Waals surface area contributed by atoms with Gasteiger partial charge in [0.25, 0.3) is 0 Å². The predicted octanol–water partition coefficient (Wildman–Crippen LogP) is 13.8. The molecule has 0 aliphatic rings. The zero-order valence-electron chi connectivity index (χ0n) is 27.2. The van der Waals surface area contributed by atoms with Gasteiger partial charge in [0.1, 0.15) is 5.78 Å². The van der Waals surface area contributed by atoms with Crippen molar-refractivity contribution in [3.8, 4) is 0 Å². The van der Waals surface area contributed by atoms with Gasteiger partial charge in [-0.25, -0.2) is 0 Å². The highest BCUT2D eigenvalue weighted by molar-refractivity contribution is 7.80. The largest absolute Gasteiger partial charge is 0.299 e. The molecule has 0 N–H and O–H groups in total. The molecule has 0 radical (unpaired) electrons. The normalized spacial score (nSPS) is 11.3. The number of carbonyl (C=O) groups excluding carboxylic acids is 1. The Kier molecular flexibility index (Phi) is 33.8. The van der Waals surface area contributed by atoms with Crippen LogP contribution in [0.5, 0.6) is 0 Å². The quantitative estimate of drug-likeness (QED) is 0.0571. The molecule has 0 spiro atoms. The molecule has 0 saturated heterocycles. The molecular formula is C37H72OS. The Labute approximate surface area is 252 Å². The van der Waals surface area contributed by atoms with Crippen LogP contribution in [-0.4, -0.2) is 10.6 Å². The molecule has 0 aromatic carbocycles. The average molecular weight is 565 g/mol. The van der Waals surface area contributed by atoms with Crippen molar-refractivity contribution in [2.75, 3.05) is 0 Å². The van der Waals surface area contributed by atoms with E-state index in [0.29, 0.717) is 12.2 Å². The molecule has 0 atom stereocenters. The van der Waals surface area contributed by atoms with Crippen LogP contribution in [-0.2, 0) is 4.79 Å². The maximum Gasteiger partial charge on any atom is 0.137 e. The van der Waals surface area contributed by atoms with Crippen LogP contribution in [0.1, 0.15) is 226 Å². The highest BCUT2D eigenvalue weighted by atomic mass is 32.1. The summed E-state index contributed by atoms with van der Waals surface area (Å²) in [5, 5.41) is 0. The first-order chi connectivity index (χ1) is 19.2. The third-order valence-electron chi connectivity index (χ3n) is 8.51. The lowest BCUT2D eigenvalue weighted by Gasteiger charge is -2.05. The minimum absolute atomic E-state index is 0.385. The number of thiocarbonyl (C=S) groups is 1. The molecule has 0 unspecified atom stereocenters. The highest BCUT2D eigenvalue weighted by Gasteiger charge is 2.06. The Morgan fingerprint density at radius 3 is 0.872 bits per heavy atom. The van der Waals surface area contributed by atoms with E-state index in [0.717, 1.165) is 24.1 Å². The Morgan fingerprint density at radius 1 is 0.359 bits per heavy atom. The summed E-state index contributed by atoms with van der Waals surface area (Å²) in [5.74, 6) is 0.385. The molecule has 1 nitrogen and oxygen atoms in total. The number of hydrogen-bond donors (Lipinski definition) is 0. The van der Waals surface area contributed by atoms with E-state index >= 15 is 0 Å². The van der Waals surface area contributed by atoms with Crippen LogP contribution in [0.4, 0.5) is 0 Å². The molecule has 0 heterocycles. The van der Waals surface area contributed by atoms with E-state index in [1.54, 1.807) is 0 Å². The van der Waals surface area contributed by atoms with E-state index in [1.165, 1.54) is 186 Å². The monoisotopic (exact) mass is 565 g/mol. The number of hydrogen-bond acceptors (Lipinski definition) is 2. The van der Waals surface area contributed by atoms with Gasteiger partial charge in [0.2, 0.25) is 0 Å². The van der Waals surface area contributed by atoms with E-state index in [-0.39, 0.29) is 0 Å². The van der Waals surface area contributed by atoms with Crippen molar-refractivity contribution in [2.24, 2.45) is 0 Å². The molecule has 0 aromatic rings. The van der Waals surface area contributed by atoms with Gasteiger partial charge in [0, 0.05) is 17.7 Å². The number of carbonyl (C=O) groups is 1. The molecule has 0 aliphatic heterocycles. The summed E-state index contributed by atoms with van der Waals surface area (Å²) in [5.41, 5.74) is 0. The van der Waals surface area contributed by atoms with Gasteiger partial charge in [-0.15, -0.1) is 0 Å². The Balaban J connectivity index is 3.27. The average Bonchev–Trinajstić information content (AvgIpc) is 2.93. The van der Waals surface area contributed by atoms with Crippen LogP contribution in [0.3, 0.4) is 0 Å². The summed E-state index contributed by atoms with van der Waals surface area (Å²) < 4.78 is 0. The third-order valence-corrected chi connectivity index (χ3v) is 8.86. The van der Waals surface area contributed by atoms with Crippen LogP contribution in [0.2, 0.25) is 0 Å². The Hall–Kier alpha value is -0.240. The van der Waals surface area contributed by atoms with Gasteiger partial charge in [-0.2, -0.15) is 0 Å². The number of ketones is 1. The smallest absolute Gasteiger partial charge is 0.137 e. The van der Waals surface area contributed by atoms with E-state index < -0.39 is 0 Å². The summed E-state index contributed by atoms with van der Waals surface area (Å²) in [4.78, 5) is 13.3. The van der Waals surface area contributed by atoms with Crippen LogP contribution >= 0.6 is 12.2 Å². The van der Waals surface area contributed by atoms with Crippen molar-refractivity contribution in [3.05, 3.63) is 0 Å². The van der Waals surface area contributed by atoms with Crippen molar-refractivity contribution in [1.82, 2.24) is 0 Å². The number of Topliss-reactive ketones (excluding diaryl/α,β-unsaturated/α-hetero) is 1. The van der Waals surface area contributed by atoms with Gasteiger partial charge in [-0.05, 0) is 19.3 Å². The lowest BCUT2D eigenvalue weighted by molar-refractivity contribution is -0.118. The molecule has 232 valence electrons. The molecule has 0 saturated carbocycles. The van der Waals surface area contributed by atoms with E-state index in [9.17, 15) is 4.79 Å². The Morgan fingerprint density at radius 2 is 0.590 bits per heavy atom. The van der Waals surface area contributed by atoms with Gasteiger partial charge in [0.05, 0.1) is 0 Å². The minimum Gasteiger partial charge on any atom is -0.299 e. The fourth-order valence-electron chi connectivity index (χ4n) is 5.78. The first-order valence-electron chi connectivity index (χ1n) is 18.2. The third kappa shape index (κ3) is 33.9. The molecule has 2 heteroatoms. The maximum atomic E-state index is 12.3. The second-order valence-electron chi connectivity index (χ2n) is 12.7. The molecule has 0 aliphatic carbocycles. The fourth-order valence-corrected chi connectivity index (χ4v) is 6.09. The van der Waals surface area contributed by atoms with E-state index in [2.05, 4.69) is 13.8 Å². The van der Waals surface area contributed by atoms with Crippen molar-refractivity contribution in [3.63, 3.8) is 0 Å². The maximum absolute atomic E-state index is 12.3. The number of rotatable bonds is 34. The fraction of sp³-hybridized carbons (Fsp3) is 0.946. The molecule has 39 heavy (non-hydrogen) atoms. The lowest BCUT2D eigenvalue weighted by atomic mass is 10.0. The molecule has 0 bridgehead atoms. The van der Waals surface area contributed by atoms with Gasteiger partial charge in [-0.3, -0.25) is 4.79 Å². The second kappa shape index (κ2) is 34.0. The number of unbranched alkanes of at least 4 members (excludes halogenated alkanes) is 28. The van der Waals surface area contributed by atoms with Crippen molar-refractivity contribution in [1.29, 1.82) is 0 Å². The zero-order chi connectivity index (χ0) is 28.5. The molecule has 0 aromatic heterocycles. The van der Waals surface area contributed by atoms with E-state index in [4.69, 9.17) is 12.2 Å². The van der Waals surface area contributed by atoms with Crippen LogP contribution in [0, 0.1) is 0 Å². The standard InChI is InChI=1S/C37H72OS/c1-3-5-7-9-11-13-15-17-19-21-23-25-27-29-31-33-36(38)35-37(39)34-32-30-28-26-24-22-20-18-16-14-12-10-8-6-4-2/h3-35H2,1-2H3. The zero-order valence-corrected chi connectivity index (χ0v) is 28.0. The van der Waals surface area contributed by atoms with Crippen LogP contribution < -0.4 is 0 Å². The molecule has 0 amide bonds. The highest BCUT2D eigenvalue weighted by Crippen LogP contribution is 2.16. The summed E-state index contributed by atoms with van der Waals surface area (Å²) in [6, 6.07) is 0. The molecular weight excluding hydrogens is 492 g/mol. The topological polar surface area (TPSA) is 17.1 Å². The van der Waals surface area contributed by atoms with Crippen molar-refractivity contribution >= 4 is 22.9 Å². The van der Waals surface area contributed by atoms with Gasteiger partial charge >= 0.3 is 0 Å². The van der Waals surface area contributed by atoms with Gasteiger partial charge < -0.3 is 0 Å². The summed E-state index contributed by atoms with van der Waals surface area (Å²) >= 11 is 5.52. The SMILES string of the molecule is CCCCCCCCCCCCCCCCCC(=O)CC(=S)CCCCCCCCCCCCCCCCC. The minimum atomic E-state index is 0.385. The first-order valence-corrected chi connectivity index (χ1v) is 18.6. The van der Waals surface area contributed by atoms with Crippen molar-refractivity contribution in [2.45, 2.75) is 226 Å². The van der Waals surface area contributed by atoms with Gasteiger partial charge in [-0.1, -0.05) is 206 Å². The molecule has 0 fully saturated rings. The van der Waals surface area contributed by atoms with Crippen LogP contribution in [0.25, 0.3) is 0 Å². The van der Waals surface area contributed by atoms with Crippen molar-refractivity contribution < 1.29 is 4.79 Å². The summed E-state index contributed by atoms with van der Waals surface area (Å²) in [6.45, 7) is 4.58. The first kappa shape index (κ1) is 38.8. The Bertz CT molecular complexity index is 456. The second-order valence-corrected chi connectivity index (χ2v) is 13.2. The lowest BCUT2D eigenvalue weighted by Crippen LogP contribution is -2.05. The van der Waals surface area contributed by atoms with Crippen LogP contribution in [0.15, 0.2) is 0 Å². The summed E-state index contributed by atoms with van der Waals surface area (Å²) in [7, 11) is 0.